The number of sulfonamides is 1. The van der Waals surface area contributed by atoms with Crippen molar-refractivity contribution in [3.8, 4) is 0 Å². The van der Waals surface area contributed by atoms with Crippen LogP contribution >= 0.6 is 0 Å². The zero-order chi connectivity index (χ0) is 36.7. The lowest BCUT2D eigenvalue weighted by Gasteiger charge is -2.36. The van der Waals surface area contributed by atoms with Crippen LogP contribution in [0.2, 0.25) is 0 Å². The second-order valence-corrected chi connectivity index (χ2v) is 17.7. The molecule has 14 heteroatoms. The highest BCUT2D eigenvalue weighted by Crippen LogP contribution is 2.65. The Labute approximate surface area is 295 Å². The van der Waals surface area contributed by atoms with Crippen molar-refractivity contribution in [3.63, 3.8) is 0 Å². The molecule has 1 heterocycles. The quantitative estimate of drug-likeness (QED) is 0.157. The van der Waals surface area contributed by atoms with Crippen molar-refractivity contribution in [3.05, 3.63) is 47.5 Å². The van der Waals surface area contributed by atoms with Gasteiger partial charge in [0.25, 0.3) is 5.91 Å². The summed E-state index contributed by atoms with van der Waals surface area (Å²) in [5.41, 5.74) is 7.83. The second-order valence-electron chi connectivity index (χ2n) is 15.3. The number of carbonyl (C=O) groups excluding carboxylic acids is 5. The Morgan fingerprint density at radius 2 is 1.66 bits per heavy atom. The summed E-state index contributed by atoms with van der Waals surface area (Å²) in [6.07, 6.45) is 4.21. The number of nitrogens with zero attached hydrogens (tertiary/aromatic N) is 2. The molecule has 274 valence electrons. The van der Waals surface area contributed by atoms with Crippen molar-refractivity contribution in [2.75, 3.05) is 25.9 Å². The number of piperidine rings is 1. The summed E-state index contributed by atoms with van der Waals surface area (Å²) in [4.78, 5) is 68.8. The fraction of sp³-hybridized carbons (Fsp3) is 0.639. The third-order valence-corrected chi connectivity index (χ3v) is 13.5. The number of Topliss-reactive ketones (excluding diaryl/α,β-unsaturated/α-hetero) is 1. The summed E-state index contributed by atoms with van der Waals surface area (Å²) in [6.45, 7) is 11.5. The minimum Gasteiger partial charge on any atom is -0.363 e. The van der Waals surface area contributed by atoms with Crippen LogP contribution < -0.4 is 21.7 Å². The lowest BCUT2D eigenvalue weighted by molar-refractivity contribution is -0.144. The van der Waals surface area contributed by atoms with E-state index < -0.39 is 63.7 Å². The number of likely N-dealkylation sites (N-methyl/N-ethyl adjacent to an activating group) is 1. The van der Waals surface area contributed by atoms with Gasteiger partial charge in [0.1, 0.15) is 12.1 Å². The average molecular weight is 713 g/mol. The molecule has 0 bridgehead atoms. The Balaban J connectivity index is 1.39. The molecule has 50 heavy (non-hydrogen) atoms. The first kappa shape index (κ1) is 37.5. The van der Waals surface area contributed by atoms with E-state index in [1.165, 1.54) is 16.3 Å². The Hall–Kier alpha value is -3.78. The molecule has 1 aromatic carbocycles. The molecule has 5 rings (SSSR count). The van der Waals surface area contributed by atoms with E-state index in [2.05, 4.69) is 36.4 Å². The number of primary amides is 1. The number of likely N-dealkylation sites (tertiary alicyclic amines) is 1. The average Bonchev–Trinajstić information content (AvgIpc) is 3.40. The molecular formula is C36H52N6O7S. The van der Waals surface area contributed by atoms with Gasteiger partial charge in [-0.15, -0.1) is 0 Å². The van der Waals surface area contributed by atoms with Gasteiger partial charge < -0.3 is 26.6 Å². The molecule has 1 aromatic rings. The third-order valence-electron chi connectivity index (χ3n) is 11.7. The molecule has 3 fully saturated rings. The van der Waals surface area contributed by atoms with Crippen LogP contribution in [0.4, 0.5) is 4.79 Å². The van der Waals surface area contributed by atoms with Gasteiger partial charge in [0.2, 0.25) is 27.6 Å². The fourth-order valence-corrected chi connectivity index (χ4v) is 9.00. The minimum absolute atomic E-state index is 0.0364. The highest BCUT2D eigenvalue weighted by Gasteiger charge is 2.70. The number of urea groups is 1. The zero-order valence-corrected chi connectivity index (χ0v) is 30.6. The van der Waals surface area contributed by atoms with Gasteiger partial charge >= 0.3 is 6.03 Å². The highest BCUT2D eigenvalue weighted by atomic mass is 32.2. The Morgan fingerprint density at radius 1 is 1.04 bits per heavy atom. The molecule has 5 N–H and O–H groups in total. The number of carbonyl (C=O) groups is 5. The van der Waals surface area contributed by atoms with E-state index in [1.54, 1.807) is 13.8 Å². The SMILES string of the molecule is C=C(C)[C@@H](CN(C)S(=O)(=O)CC)NC(=O)N[C@H](C(=O)N1C[C@H]2[C@@H]([C@H]1C(=O)NC(CC1CCC1)C(=O)C(N)=O)C2(C)C)C1Cc2ccccc2C1. The molecule has 1 saturated heterocycles. The van der Waals surface area contributed by atoms with Gasteiger partial charge in [0.15, 0.2) is 0 Å². The maximum Gasteiger partial charge on any atom is 0.315 e. The maximum absolute atomic E-state index is 14.7. The first-order chi connectivity index (χ1) is 23.5. The summed E-state index contributed by atoms with van der Waals surface area (Å²) in [6, 6.07) is 3.49. The summed E-state index contributed by atoms with van der Waals surface area (Å²) in [5.74, 6) is -3.20. The van der Waals surface area contributed by atoms with Gasteiger partial charge in [-0.3, -0.25) is 19.2 Å². The fourth-order valence-electron chi connectivity index (χ4n) is 8.18. The summed E-state index contributed by atoms with van der Waals surface area (Å²) >= 11 is 0. The topological polar surface area (TPSA) is 188 Å². The number of hydrogen-bond acceptors (Lipinski definition) is 7. The predicted octanol–water partition coefficient (Wildman–Crippen LogP) is 1.51. The molecule has 1 aliphatic heterocycles. The van der Waals surface area contributed by atoms with Crippen molar-refractivity contribution >= 4 is 39.6 Å². The first-order valence-electron chi connectivity index (χ1n) is 17.6. The van der Waals surface area contributed by atoms with Crippen LogP contribution in [-0.4, -0.2) is 97.2 Å². The van der Waals surface area contributed by atoms with Crippen molar-refractivity contribution in [2.24, 2.45) is 34.8 Å². The largest absolute Gasteiger partial charge is 0.363 e. The lowest BCUT2D eigenvalue weighted by atomic mass is 9.80. The van der Waals surface area contributed by atoms with Gasteiger partial charge in [0.05, 0.1) is 17.8 Å². The lowest BCUT2D eigenvalue weighted by Crippen LogP contribution is -2.61. The van der Waals surface area contributed by atoms with Crippen LogP contribution in [0.1, 0.15) is 64.5 Å². The Kier molecular flexibility index (Phi) is 10.8. The minimum atomic E-state index is -3.53. The Morgan fingerprint density at radius 3 is 2.18 bits per heavy atom. The molecule has 0 aromatic heterocycles. The number of nitrogens with two attached hydrogens (primary N) is 1. The van der Waals surface area contributed by atoms with E-state index in [0.717, 1.165) is 30.4 Å². The molecule has 0 radical (unpaired) electrons. The summed E-state index contributed by atoms with van der Waals surface area (Å²) in [7, 11) is -2.09. The number of ketones is 1. The molecule has 6 atom stereocenters. The van der Waals surface area contributed by atoms with Crippen LogP contribution in [0.15, 0.2) is 36.4 Å². The van der Waals surface area contributed by atoms with E-state index >= 15 is 0 Å². The predicted molar refractivity (Wildman–Crippen MR) is 188 cm³/mol. The van der Waals surface area contributed by atoms with Gasteiger partial charge in [-0.2, -0.15) is 0 Å². The third kappa shape index (κ3) is 7.60. The molecule has 1 unspecified atom stereocenters. The summed E-state index contributed by atoms with van der Waals surface area (Å²) < 4.78 is 26.1. The Bertz CT molecular complexity index is 1630. The van der Waals surface area contributed by atoms with Crippen LogP contribution in [0, 0.1) is 29.1 Å². The molecule has 5 amide bonds. The highest BCUT2D eigenvalue weighted by molar-refractivity contribution is 7.89. The second kappa shape index (κ2) is 14.5. The maximum atomic E-state index is 14.7. The number of benzene rings is 1. The summed E-state index contributed by atoms with van der Waals surface area (Å²) in [5, 5.41) is 8.54. The molecule has 4 aliphatic rings. The van der Waals surface area contributed by atoms with E-state index in [9.17, 15) is 32.4 Å². The van der Waals surface area contributed by atoms with Crippen molar-refractivity contribution < 1.29 is 32.4 Å². The molecule has 3 aliphatic carbocycles. The number of fused-ring (bicyclic) bond motifs is 2. The van der Waals surface area contributed by atoms with Crippen molar-refractivity contribution in [2.45, 2.75) is 90.4 Å². The van der Waals surface area contributed by atoms with Crippen LogP contribution in [0.25, 0.3) is 0 Å². The smallest absolute Gasteiger partial charge is 0.315 e. The molecule has 0 spiro atoms. The number of nitrogens with one attached hydrogen (secondary N) is 3. The molecular weight excluding hydrogens is 660 g/mol. The van der Waals surface area contributed by atoms with Gasteiger partial charge in [-0.05, 0) is 73.3 Å². The van der Waals surface area contributed by atoms with Crippen molar-refractivity contribution in [1.82, 2.24) is 25.2 Å². The van der Waals surface area contributed by atoms with E-state index in [-0.39, 0.29) is 41.4 Å². The van der Waals surface area contributed by atoms with Crippen LogP contribution in [0.5, 0.6) is 0 Å². The van der Waals surface area contributed by atoms with Crippen molar-refractivity contribution in [1.29, 1.82) is 0 Å². The standard InChI is InChI=1S/C36H52N6O7S/c1-7-50(48,49)41(6)19-27(20(2)3)39-35(47)40-29(24-16-22-13-8-9-14-23(22)17-24)34(46)42-18-25-28(36(25,4)5)30(42)33(45)38-26(31(43)32(37)44)15-21-11-10-12-21/h8-9,13-14,21,24-30H,2,7,10-12,15-19H2,1,3-6H3,(H2,37,44)(H,38,45)(H2,39,40,47)/t25-,26?,27+,28-,29-,30-/m0/s1. The normalized spacial score (nSPS) is 24.3. The van der Waals surface area contributed by atoms with Crippen LogP contribution in [-0.2, 0) is 42.0 Å². The van der Waals surface area contributed by atoms with Crippen LogP contribution in [0.3, 0.4) is 0 Å². The number of hydrogen-bond donors (Lipinski definition) is 4. The van der Waals surface area contributed by atoms with Gasteiger partial charge in [-0.1, -0.05) is 69.5 Å². The monoisotopic (exact) mass is 712 g/mol. The number of rotatable bonds is 15. The molecule has 2 saturated carbocycles. The molecule has 13 nitrogen and oxygen atoms in total. The van der Waals surface area contributed by atoms with E-state index in [1.807, 2.05) is 24.3 Å². The zero-order valence-electron chi connectivity index (χ0n) is 29.7. The van der Waals surface area contributed by atoms with E-state index in [4.69, 9.17) is 5.73 Å². The van der Waals surface area contributed by atoms with Gasteiger partial charge in [0, 0.05) is 20.1 Å². The first-order valence-corrected chi connectivity index (χ1v) is 19.2. The number of amides is 5. The van der Waals surface area contributed by atoms with E-state index in [0.29, 0.717) is 31.4 Å². The van der Waals surface area contributed by atoms with Gasteiger partial charge in [-0.25, -0.2) is 17.5 Å².